The third-order valence-corrected chi connectivity index (χ3v) is 15.0. The zero-order valence-corrected chi connectivity index (χ0v) is 57.0. The first-order valence-corrected chi connectivity index (χ1v) is 33.9. The Kier molecular flexibility index (Phi) is 54.2. The van der Waals surface area contributed by atoms with Gasteiger partial charge in [0.1, 0.15) is 55.2 Å². The Morgan fingerprint density at radius 3 is 1.20 bits per heavy atom. The Hall–Kier alpha value is -6.81. The summed E-state index contributed by atoms with van der Waals surface area (Å²) < 4.78 is 21.5. The Morgan fingerprint density at radius 2 is 0.760 bits per heavy atom. The molecule has 16 N–H and O–H groups in total. The van der Waals surface area contributed by atoms with Gasteiger partial charge < -0.3 is 98.3 Å². The van der Waals surface area contributed by atoms with Crippen molar-refractivity contribution in [3.63, 3.8) is 0 Å². The second-order valence-electron chi connectivity index (χ2n) is 23.8. The number of carboxylic acid groups (broad SMARTS) is 1. The molecule has 32 heteroatoms. The summed E-state index contributed by atoms with van der Waals surface area (Å²) in [6.45, 7) is -1.01. The second-order valence-corrected chi connectivity index (χ2v) is 23.8. The number of Topliss-reactive ketones (excluding diaryl/α,β-unsaturated/α-hetero) is 2. The van der Waals surface area contributed by atoms with Crippen LogP contribution in [0.15, 0.2) is 0 Å². The largest absolute Gasteiger partial charge is 0.481 e. The molecule has 552 valence electrons. The summed E-state index contributed by atoms with van der Waals surface area (Å²) in [6, 6.07) is -9.49. The van der Waals surface area contributed by atoms with Crippen LogP contribution in [0.1, 0.15) is 187 Å². The number of aliphatic hydroxyl groups excluding tert-OH is 3. The predicted molar refractivity (Wildman–Crippen MR) is 352 cm³/mol. The maximum Gasteiger partial charge on any atom is 0.303 e. The van der Waals surface area contributed by atoms with Gasteiger partial charge in [0.05, 0.1) is 59.4 Å². The molecular weight excluding hydrogens is 1260 g/mol. The number of aliphatic carboxylic acids is 1. The highest BCUT2D eigenvalue weighted by molar-refractivity contribution is 5.98. The molecule has 0 spiro atoms. The van der Waals surface area contributed by atoms with Crippen molar-refractivity contribution in [3.05, 3.63) is 0 Å². The molecule has 0 unspecified atom stereocenters. The molecule has 0 aromatic heterocycles. The number of nitrogens with one attached hydrogen (secondary N) is 8. The molecule has 0 aliphatic carbocycles. The van der Waals surface area contributed by atoms with Crippen LogP contribution in [0.4, 0.5) is 0 Å². The van der Waals surface area contributed by atoms with E-state index < -0.39 is 153 Å². The quantitative estimate of drug-likeness (QED) is 0.0320. The van der Waals surface area contributed by atoms with Crippen LogP contribution >= 0.6 is 0 Å². The molecule has 96 heavy (non-hydrogen) atoms. The summed E-state index contributed by atoms with van der Waals surface area (Å²) >= 11 is 0. The SMILES string of the molecule is CCCCC(=O)[C@H](CO)NC(=O)[C@H](CCC(N)=O)NC(=O)[C@H](CCN(C)C)NC(=O)[C@H](CO)NC(=O)[C@H](CCC(N)=O)NC(=O)[C@@H](CO)NC(=O)CNC(=O)COCCOCCNC(=O)COCCOCCCC(=O)CCCCCCCCCCCCCCCCCCC(=O)O. The summed E-state index contributed by atoms with van der Waals surface area (Å²) in [5.74, 6) is -10.1. The van der Waals surface area contributed by atoms with E-state index in [1.807, 2.05) is 6.92 Å². The molecule has 10 amide bonds. The normalized spacial score (nSPS) is 13.0. The predicted octanol–water partition coefficient (Wildman–Crippen LogP) is -1.13. The molecule has 6 atom stereocenters. The molecule has 0 aromatic carbocycles. The van der Waals surface area contributed by atoms with Crippen molar-refractivity contribution in [3.8, 4) is 0 Å². The van der Waals surface area contributed by atoms with E-state index in [2.05, 4.69) is 42.5 Å². The minimum atomic E-state index is -1.81. The van der Waals surface area contributed by atoms with Crippen LogP contribution < -0.4 is 54.0 Å². The van der Waals surface area contributed by atoms with Crippen LogP contribution in [-0.4, -0.2) is 245 Å². The third-order valence-electron chi connectivity index (χ3n) is 15.0. The number of carboxylic acids is 1. The topological polar surface area (TPSA) is 491 Å². The number of unbranched alkanes of at least 4 members (excludes halogenated alkanes) is 16. The third kappa shape index (κ3) is 49.7. The molecule has 32 nitrogen and oxygen atoms in total. The Bertz CT molecular complexity index is 2280. The van der Waals surface area contributed by atoms with Gasteiger partial charge in [0.25, 0.3) is 0 Å². The van der Waals surface area contributed by atoms with Crippen molar-refractivity contribution < 1.29 is 102 Å². The molecule has 0 heterocycles. The van der Waals surface area contributed by atoms with E-state index in [1.165, 1.54) is 64.2 Å². The van der Waals surface area contributed by atoms with Crippen molar-refractivity contribution in [1.82, 2.24) is 47.4 Å². The summed E-state index contributed by atoms with van der Waals surface area (Å²) in [4.78, 5) is 165. The fourth-order valence-corrected chi connectivity index (χ4v) is 9.40. The number of hydrogen-bond acceptors (Lipinski definition) is 21. The van der Waals surface area contributed by atoms with Gasteiger partial charge in [-0.05, 0) is 65.6 Å². The highest BCUT2D eigenvalue weighted by Gasteiger charge is 2.34. The highest BCUT2D eigenvalue weighted by atomic mass is 16.5. The average Bonchev–Trinajstić information content (AvgIpc) is 0.899. The first kappa shape index (κ1) is 89.2. The summed E-state index contributed by atoms with van der Waals surface area (Å²) in [5, 5.41) is 57.5. The van der Waals surface area contributed by atoms with Gasteiger partial charge in [-0.1, -0.05) is 103 Å². The van der Waals surface area contributed by atoms with Gasteiger partial charge in [0.15, 0.2) is 5.78 Å². The Labute approximate surface area is 564 Å². The number of nitrogens with two attached hydrogens (primary N) is 2. The van der Waals surface area contributed by atoms with Crippen LogP contribution in [0.2, 0.25) is 0 Å². The smallest absolute Gasteiger partial charge is 0.303 e. The lowest BCUT2D eigenvalue weighted by molar-refractivity contribution is -0.137. The number of carbonyl (C=O) groups is 13. The monoisotopic (exact) mass is 1370 g/mol. The number of nitrogens with zero attached hydrogens (tertiary/aromatic N) is 1. The van der Waals surface area contributed by atoms with E-state index in [0.29, 0.717) is 38.7 Å². The summed E-state index contributed by atoms with van der Waals surface area (Å²) in [6.07, 6.45) is 20.0. The average molecular weight is 1370 g/mol. The lowest BCUT2D eigenvalue weighted by atomic mass is 10.0. The molecule has 0 rings (SSSR count). The van der Waals surface area contributed by atoms with Gasteiger partial charge in [-0.2, -0.15) is 0 Å². The minimum absolute atomic E-state index is 0.0344. The van der Waals surface area contributed by atoms with Crippen molar-refractivity contribution in [2.45, 2.75) is 223 Å². The lowest BCUT2D eigenvalue weighted by Crippen LogP contribution is -2.61. The first-order valence-electron chi connectivity index (χ1n) is 33.9. The first-order chi connectivity index (χ1) is 46.0. The fraction of sp³-hybridized carbons (Fsp3) is 0.797. The van der Waals surface area contributed by atoms with Crippen LogP contribution in [0.5, 0.6) is 0 Å². The van der Waals surface area contributed by atoms with Crippen molar-refractivity contribution in [1.29, 1.82) is 0 Å². The maximum atomic E-state index is 13.7. The molecule has 0 aliphatic heterocycles. The van der Waals surface area contributed by atoms with Crippen LogP contribution in [0.25, 0.3) is 0 Å². The molecule has 0 fully saturated rings. The van der Waals surface area contributed by atoms with Crippen LogP contribution in [0, 0.1) is 0 Å². The van der Waals surface area contributed by atoms with E-state index in [-0.39, 0.29) is 90.1 Å². The molecule has 0 radical (unpaired) electrons. The fourth-order valence-electron chi connectivity index (χ4n) is 9.40. The van der Waals surface area contributed by atoms with Crippen LogP contribution in [-0.2, 0) is 81.3 Å². The summed E-state index contributed by atoms with van der Waals surface area (Å²) in [5.41, 5.74) is 10.6. The number of aliphatic hydroxyl groups is 3. The Balaban J connectivity index is 4.66. The van der Waals surface area contributed by atoms with E-state index in [9.17, 15) is 77.6 Å². The van der Waals surface area contributed by atoms with Crippen molar-refractivity contribution in [2.75, 3.05) is 106 Å². The number of carbonyl (C=O) groups excluding carboxylic acids is 12. The molecule has 0 aliphatic rings. The van der Waals surface area contributed by atoms with Gasteiger partial charge >= 0.3 is 5.97 Å². The number of primary amides is 2. The molecule has 0 saturated heterocycles. The van der Waals surface area contributed by atoms with Gasteiger partial charge in [-0.25, -0.2) is 0 Å². The zero-order valence-electron chi connectivity index (χ0n) is 57.0. The van der Waals surface area contributed by atoms with E-state index >= 15 is 0 Å². The number of rotatable bonds is 65. The molecule has 0 saturated carbocycles. The molecular formula is C64H115N11O21. The van der Waals surface area contributed by atoms with Gasteiger partial charge in [0.2, 0.25) is 59.1 Å². The highest BCUT2D eigenvalue weighted by Crippen LogP contribution is 2.15. The Morgan fingerprint density at radius 1 is 0.385 bits per heavy atom. The van der Waals surface area contributed by atoms with Crippen molar-refractivity contribution >= 4 is 76.6 Å². The lowest BCUT2D eigenvalue weighted by Gasteiger charge is -2.27. The van der Waals surface area contributed by atoms with Gasteiger partial charge in [-0.15, -0.1) is 0 Å². The number of ether oxygens (including phenoxy) is 4. The zero-order chi connectivity index (χ0) is 71.7. The molecule has 0 bridgehead atoms. The summed E-state index contributed by atoms with van der Waals surface area (Å²) in [7, 11) is 3.31. The van der Waals surface area contributed by atoms with E-state index in [0.717, 1.165) is 38.5 Å². The number of amides is 10. The number of ketones is 2. The number of hydrogen-bond donors (Lipinski definition) is 14. The van der Waals surface area contributed by atoms with Gasteiger partial charge in [-0.3, -0.25) is 62.3 Å². The van der Waals surface area contributed by atoms with E-state index in [4.69, 9.17) is 35.5 Å². The van der Waals surface area contributed by atoms with E-state index in [1.54, 1.807) is 19.0 Å². The van der Waals surface area contributed by atoms with Crippen molar-refractivity contribution in [2.24, 2.45) is 11.5 Å². The standard InChI is InChI=1S/C64H115N11O21/c1-4-5-25-53(80)50(41-76)73-60(88)47(27-29-54(65)81)70-62(90)49(31-33-75(2)3)72-64(92)52(43-78)74-61(89)48(28-30-55(66)82)71-63(91)51(42-77)69-56(83)40-68-58(85)45-96-39-37-94-35-32-67-57(84)44-95-38-36-93-34-22-24-46(79)23-20-18-16-14-12-10-8-6-7-9-11-13-15-17-19-21-26-59(86)87/h47-52,76-78H,4-45H2,1-3H3,(H2,65,81)(H2,66,82)(H,67,84)(H,68,85)(H,69,83)(H,70,90)(H,71,91)(H,72,92)(H,73,88)(H,74,89)(H,86,87)/t47-,48-,49-,50-,51+,52-/m0/s1. The second kappa shape index (κ2) is 58.4. The van der Waals surface area contributed by atoms with Gasteiger partial charge in [0, 0.05) is 51.7 Å². The maximum absolute atomic E-state index is 13.7. The molecule has 0 aromatic rings. The van der Waals surface area contributed by atoms with Crippen LogP contribution in [0.3, 0.4) is 0 Å². The minimum Gasteiger partial charge on any atom is -0.481 e.